The Balaban J connectivity index is 0.000000463. The molecule has 6 aliphatic rings. The zero-order valence-corrected chi connectivity index (χ0v) is 59.4. The lowest BCUT2D eigenvalue weighted by Gasteiger charge is -2.21. The predicted octanol–water partition coefficient (Wildman–Crippen LogP) is 20.7. The van der Waals surface area contributed by atoms with Crippen molar-refractivity contribution in [2.45, 2.75) is 228 Å². The summed E-state index contributed by atoms with van der Waals surface area (Å²) in [6, 6.07) is 0. The Morgan fingerprint density at radius 2 is 0.407 bits per heavy atom. The highest BCUT2D eigenvalue weighted by atomic mass is 32.2. The van der Waals surface area contributed by atoms with Crippen LogP contribution in [0.15, 0.2) is 131 Å². The van der Waals surface area contributed by atoms with Gasteiger partial charge in [-0.05, 0) is 265 Å². The molecule has 0 radical (unpaired) electrons. The van der Waals surface area contributed by atoms with E-state index in [1.165, 1.54) is 90.1 Å². The number of aromatic nitrogens is 3. The number of allylic oxidation sites excluding steroid dienone is 24. The lowest BCUT2D eigenvalue weighted by Crippen LogP contribution is -2.26. The molecule has 8 rings (SSSR count). The van der Waals surface area contributed by atoms with E-state index in [1.807, 2.05) is 132 Å². The molecule has 0 bridgehead atoms. The predicted molar refractivity (Wildman–Crippen MR) is 357 cm³/mol. The van der Waals surface area contributed by atoms with Crippen molar-refractivity contribution in [1.29, 1.82) is 0 Å². The fourth-order valence-electron chi connectivity index (χ4n) is 6.93. The highest BCUT2D eigenvalue weighted by Crippen LogP contribution is 2.44. The second-order valence-corrected chi connectivity index (χ2v) is 26.7. The van der Waals surface area contributed by atoms with Crippen LogP contribution in [0.3, 0.4) is 0 Å². The molecule has 15 heteroatoms. The van der Waals surface area contributed by atoms with Crippen molar-refractivity contribution >= 4 is 47.0 Å². The van der Waals surface area contributed by atoms with E-state index in [4.69, 9.17) is 18.9 Å². The molecule has 0 unspecified atom stereocenters. The van der Waals surface area contributed by atoms with Crippen LogP contribution in [0.25, 0.3) is 0 Å². The molecule has 0 fully saturated rings. The van der Waals surface area contributed by atoms with Gasteiger partial charge in [-0.3, -0.25) is 15.0 Å². The van der Waals surface area contributed by atoms with Gasteiger partial charge in [-0.2, -0.15) is 0 Å². The summed E-state index contributed by atoms with van der Waals surface area (Å²) in [4.78, 5) is 24.2. The van der Waals surface area contributed by atoms with Crippen molar-refractivity contribution in [3.8, 4) is 0 Å². The van der Waals surface area contributed by atoms with Gasteiger partial charge < -0.3 is 40.2 Å². The Hall–Kier alpha value is -5.09. The van der Waals surface area contributed by atoms with Crippen LogP contribution in [0.4, 0.5) is 0 Å². The van der Waals surface area contributed by atoms with E-state index in [-0.39, 0.29) is 0 Å². The average molecular weight is 1190 g/mol. The number of aryl methyl sites for hydroxylation is 6. The van der Waals surface area contributed by atoms with Crippen LogP contribution in [0.1, 0.15) is 217 Å². The first-order valence-corrected chi connectivity index (χ1v) is 30.9. The zero-order chi connectivity index (χ0) is 62.7. The molecule has 6 aliphatic heterocycles. The van der Waals surface area contributed by atoms with Gasteiger partial charge in [-0.1, -0.05) is 47.0 Å². The van der Waals surface area contributed by atoms with E-state index in [0.717, 1.165) is 91.6 Å². The Labute approximate surface area is 509 Å². The lowest BCUT2D eigenvalue weighted by atomic mass is 10.0. The van der Waals surface area contributed by atoms with Crippen LogP contribution in [0.5, 0.6) is 0 Å². The maximum Gasteiger partial charge on any atom is 0.139 e. The molecule has 81 heavy (non-hydrogen) atoms. The van der Waals surface area contributed by atoms with Crippen LogP contribution in [0.2, 0.25) is 0 Å². The summed E-state index contributed by atoms with van der Waals surface area (Å²) < 4.78 is 21.5. The first-order chi connectivity index (χ1) is 37.3. The van der Waals surface area contributed by atoms with E-state index >= 15 is 0 Å². The summed E-state index contributed by atoms with van der Waals surface area (Å²) >= 11 is 7.44. The SMILES string of the molecule is CC1=C(C)NC(C)=C(C)N1.CC1=C(C)OC(C)=C(C)N1.CC1=C(C)OC(C)=C(C)O1.CC1=C(C)SC(C)=C(C)N1.CC1=C(C)SC(C)=C(C)O1.CC1=C(C)SC(C)=C(C)S1.Cc1nc(C)c(C)c(C)c1C.Cc1nc(C)c(C)nc1C. The van der Waals surface area contributed by atoms with Crippen LogP contribution >= 0.6 is 47.0 Å². The van der Waals surface area contributed by atoms with E-state index in [9.17, 15) is 0 Å². The van der Waals surface area contributed by atoms with E-state index in [2.05, 4.69) is 168 Å². The Kier molecular flexibility index (Phi) is 31.5. The molecule has 4 N–H and O–H groups in total. The maximum atomic E-state index is 5.45. The summed E-state index contributed by atoms with van der Waals surface area (Å²) in [5, 5.41) is 13.1. The number of nitrogens with zero attached hydrogens (tertiary/aromatic N) is 3. The average Bonchev–Trinajstić information content (AvgIpc) is 3.39. The molecule has 0 saturated carbocycles. The van der Waals surface area contributed by atoms with Crippen LogP contribution < -0.4 is 21.3 Å². The summed E-state index contributed by atoms with van der Waals surface area (Å²) in [5.41, 5.74) is 20.1. The third-order valence-electron chi connectivity index (χ3n) is 14.4. The molecular weight excluding hydrogens is 1080 g/mol. The number of ether oxygens (including phenoxy) is 4. The third kappa shape index (κ3) is 24.7. The Morgan fingerprint density at radius 3 is 0.667 bits per heavy atom. The molecular formula is C66H103N7O4S4. The smallest absolute Gasteiger partial charge is 0.139 e. The van der Waals surface area contributed by atoms with Gasteiger partial charge in [0.2, 0.25) is 0 Å². The summed E-state index contributed by atoms with van der Waals surface area (Å²) in [7, 11) is 0. The van der Waals surface area contributed by atoms with Gasteiger partial charge in [0, 0.05) is 65.2 Å². The quantitative estimate of drug-likeness (QED) is 0.200. The number of pyridine rings is 1. The molecule has 2 aromatic rings. The van der Waals surface area contributed by atoms with Gasteiger partial charge in [0.1, 0.15) is 46.1 Å². The second-order valence-electron chi connectivity index (χ2n) is 20.9. The minimum Gasteiger partial charge on any atom is -0.465 e. The first kappa shape index (κ1) is 73.9. The van der Waals surface area contributed by atoms with E-state index in [1.54, 1.807) is 11.8 Å². The molecule has 0 aliphatic carbocycles. The molecule has 0 saturated heterocycles. The van der Waals surface area contributed by atoms with Gasteiger partial charge in [0.25, 0.3) is 0 Å². The lowest BCUT2D eigenvalue weighted by molar-refractivity contribution is 0.177. The number of hydrogen-bond acceptors (Lipinski definition) is 15. The fourth-order valence-corrected chi connectivity index (χ4v) is 10.6. The van der Waals surface area contributed by atoms with Gasteiger partial charge >= 0.3 is 0 Å². The van der Waals surface area contributed by atoms with Crippen molar-refractivity contribution in [3.63, 3.8) is 0 Å². The molecule has 0 aromatic carbocycles. The number of thioether (sulfide) groups is 4. The highest BCUT2D eigenvalue weighted by molar-refractivity contribution is 8.13. The van der Waals surface area contributed by atoms with Crippen molar-refractivity contribution in [1.82, 2.24) is 36.2 Å². The van der Waals surface area contributed by atoms with Gasteiger partial charge in [-0.25, -0.2) is 0 Å². The number of hydrogen-bond donors (Lipinski definition) is 4. The molecule has 11 nitrogen and oxygen atoms in total. The Morgan fingerprint density at radius 1 is 0.198 bits per heavy atom. The largest absolute Gasteiger partial charge is 0.465 e. The minimum atomic E-state index is 0.850. The van der Waals surface area contributed by atoms with Crippen molar-refractivity contribution in [3.05, 3.63) is 182 Å². The van der Waals surface area contributed by atoms with Crippen LogP contribution in [-0.4, -0.2) is 15.0 Å². The van der Waals surface area contributed by atoms with Crippen molar-refractivity contribution in [2.24, 2.45) is 0 Å². The summed E-state index contributed by atoms with van der Waals surface area (Å²) in [6.07, 6.45) is 0. The van der Waals surface area contributed by atoms with Crippen molar-refractivity contribution < 1.29 is 18.9 Å². The molecule has 2 aromatic heterocycles. The first-order valence-electron chi connectivity index (χ1n) is 27.6. The Bertz CT molecular complexity index is 2330. The topological polar surface area (TPSA) is 124 Å². The van der Waals surface area contributed by atoms with Gasteiger partial charge in [-0.15, -0.1) is 0 Å². The van der Waals surface area contributed by atoms with Crippen LogP contribution in [-0.2, 0) is 18.9 Å². The second kappa shape index (κ2) is 34.5. The minimum absolute atomic E-state index is 0.850. The molecule has 8 heterocycles. The van der Waals surface area contributed by atoms with Gasteiger partial charge in [0.05, 0.1) is 34.2 Å². The van der Waals surface area contributed by atoms with Crippen LogP contribution in [0, 0.1) is 62.3 Å². The molecule has 450 valence electrons. The highest BCUT2D eigenvalue weighted by Gasteiger charge is 2.14. The standard InChI is InChI=1S/C10H15N.C8H14N2.C8H12N2.C8H13NO.C8H13NS.C8H12O2.C8H12OS.C8H12S2/c1-6-7(2)9(4)11-10(5)8(6)3;2*1-5-6(2)10-8(4)7(3)9-5;2*1-5-7(3)10-8(4)6(2)9-5;1-5-6(2)10-8(4)7(3)9-5;1-5-7(3)10-8(4)6(2)9-5;1-5-6(2)10-8(4)7(3)9-5/h1-5H3;9-10H,1-4H3;1-4H3;2*9H,1-4H3;3*1-4H3. The van der Waals surface area contributed by atoms with E-state index < -0.39 is 0 Å². The van der Waals surface area contributed by atoms with Crippen molar-refractivity contribution in [2.75, 3.05) is 0 Å². The molecule has 0 amide bonds. The number of rotatable bonds is 0. The fraction of sp³-hybridized carbons (Fsp3) is 0.500. The normalized spacial score (nSPS) is 17.0. The molecule has 0 atom stereocenters. The monoisotopic (exact) mass is 1190 g/mol. The zero-order valence-electron chi connectivity index (χ0n) is 56.1. The maximum absolute atomic E-state index is 5.45. The summed E-state index contributed by atoms with van der Waals surface area (Å²) in [6.45, 7) is 67.6. The molecule has 0 spiro atoms. The number of nitrogens with one attached hydrogen (secondary N) is 4. The van der Waals surface area contributed by atoms with Gasteiger partial charge in [0.15, 0.2) is 0 Å². The van der Waals surface area contributed by atoms with E-state index in [0.29, 0.717) is 0 Å². The third-order valence-corrected chi connectivity index (χ3v) is 19.5. The summed E-state index contributed by atoms with van der Waals surface area (Å²) in [5.74, 6) is 7.39.